The van der Waals surface area contributed by atoms with E-state index < -0.39 is 11.7 Å². The van der Waals surface area contributed by atoms with Crippen LogP contribution in [0.25, 0.3) is 10.2 Å². The van der Waals surface area contributed by atoms with Crippen LogP contribution in [0.1, 0.15) is 5.56 Å². The van der Waals surface area contributed by atoms with Gasteiger partial charge in [0.25, 0.3) is 5.19 Å². The molecule has 0 amide bonds. The highest BCUT2D eigenvalue weighted by Gasteiger charge is 2.30. The Morgan fingerprint density at radius 2 is 2.07 bits per heavy atom. The Labute approximate surface area is 87.3 Å². The molecule has 0 saturated heterocycles. The van der Waals surface area contributed by atoms with Crippen molar-refractivity contribution in [2.45, 2.75) is 6.18 Å². The monoisotopic (exact) mass is 233 g/mol. The van der Waals surface area contributed by atoms with E-state index in [9.17, 15) is 13.2 Å². The quantitative estimate of drug-likeness (QED) is 0.753. The van der Waals surface area contributed by atoms with Gasteiger partial charge < -0.3 is 4.74 Å². The third-order valence-corrected chi connectivity index (χ3v) is 2.85. The molecule has 6 heteroatoms. The summed E-state index contributed by atoms with van der Waals surface area (Å²) in [6.45, 7) is 0. The van der Waals surface area contributed by atoms with Gasteiger partial charge in [0.2, 0.25) is 0 Å². The molecule has 0 atom stereocenters. The van der Waals surface area contributed by atoms with E-state index in [0.717, 1.165) is 23.5 Å². The summed E-state index contributed by atoms with van der Waals surface area (Å²) in [4.78, 5) is 3.98. The van der Waals surface area contributed by atoms with E-state index >= 15 is 0 Å². The summed E-state index contributed by atoms with van der Waals surface area (Å²) in [7, 11) is 1.43. The van der Waals surface area contributed by atoms with Gasteiger partial charge in [-0.3, -0.25) is 0 Å². The number of thiazole rings is 1. The highest BCUT2D eigenvalue weighted by molar-refractivity contribution is 7.20. The Morgan fingerprint density at radius 1 is 1.33 bits per heavy atom. The number of hydrogen-bond donors (Lipinski definition) is 0. The zero-order chi connectivity index (χ0) is 11.1. The van der Waals surface area contributed by atoms with E-state index in [4.69, 9.17) is 4.74 Å². The minimum absolute atomic E-state index is 0.365. The number of hydrogen-bond acceptors (Lipinski definition) is 3. The Hall–Kier alpha value is -1.30. The van der Waals surface area contributed by atoms with Gasteiger partial charge in [-0.1, -0.05) is 11.3 Å². The Kier molecular flexibility index (Phi) is 2.30. The second-order valence-corrected chi connectivity index (χ2v) is 3.86. The lowest BCUT2D eigenvalue weighted by molar-refractivity contribution is -0.137. The molecule has 80 valence electrons. The average molecular weight is 233 g/mol. The topological polar surface area (TPSA) is 22.1 Å². The molecular formula is C9H6F3NOS. The number of benzene rings is 1. The first kappa shape index (κ1) is 10.2. The summed E-state index contributed by atoms with van der Waals surface area (Å²) in [6, 6.07) is 3.44. The van der Waals surface area contributed by atoms with Gasteiger partial charge in [0.1, 0.15) is 0 Å². The van der Waals surface area contributed by atoms with Crippen molar-refractivity contribution in [3.8, 4) is 5.19 Å². The van der Waals surface area contributed by atoms with Crippen molar-refractivity contribution in [3.05, 3.63) is 23.8 Å². The number of aromatic nitrogens is 1. The summed E-state index contributed by atoms with van der Waals surface area (Å²) >= 11 is 1.09. The van der Waals surface area contributed by atoms with E-state index in [2.05, 4.69) is 4.98 Å². The Bertz CT molecular complexity index is 492. The normalized spacial score (nSPS) is 12.0. The zero-order valence-corrected chi connectivity index (χ0v) is 8.45. The van der Waals surface area contributed by atoms with Crippen LogP contribution in [0, 0.1) is 0 Å². The standard InChI is InChI=1S/C9H6F3NOS/c1-14-8-13-6-3-2-5(9(10,11)12)4-7(6)15-8/h2-4H,1H3. The number of ether oxygens (including phenoxy) is 1. The van der Waals surface area contributed by atoms with Crippen molar-refractivity contribution in [3.63, 3.8) is 0 Å². The smallest absolute Gasteiger partial charge is 0.416 e. The van der Waals surface area contributed by atoms with Crippen molar-refractivity contribution >= 4 is 21.6 Å². The van der Waals surface area contributed by atoms with Gasteiger partial charge in [0.05, 0.1) is 22.9 Å². The Morgan fingerprint density at radius 3 is 2.67 bits per heavy atom. The molecule has 0 aliphatic carbocycles. The molecule has 1 aromatic carbocycles. The lowest BCUT2D eigenvalue weighted by atomic mass is 10.2. The first-order chi connectivity index (χ1) is 7.00. The Balaban J connectivity index is 2.55. The summed E-state index contributed by atoms with van der Waals surface area (Å²) in [5.74, 6) is 0. The maximum Gasteiger partial charge on any atom is 0.416 e. The zero-order valence-electron chi connectivity index (χ0n) is 7.63. The molecule has 2 rings (SSSR count). The molecule has 0 unspecified atom stereocenters. The molecule has 2 nitrogen and oxygen atoms in total. The predicted molar refractivity (Wildman–Crippen MR) is 51.2 cm³/mol. The van der Waals surface area contributed by atoms with Crippen molar-refractivity contribution in [2.24, 2.45) is 0 Å². The number of methoxy groups -OCH3 is 1. The largest absolute Gasteiger partial charge is 0.473 e. The van der Waals surface area contributed by atoms with E-state index in [1.54, 1.807) is 0 Å². The van der Waals surface area contributed by atoms with Crippen molar-refractivity contribution in [2.75, 3.05) is 7.11 Å². The molecule has 1 heterocycles. The second kappa shape index (κ2) is 3.37. The van der Waals surface area contributed by atoms with Gasteiger partial charge in [-0.15, -0.1) is 0 Å². The minimum atomic E-state index is -4.31. The fourth-order valence-corrected chi connectivity index (χ4v) is 1.99. The molecule has 0 fully saturated rings. The highest BCUT2D eigenvalue weighted by Crippen LogP contribution is 2.34. The second-order valence-electron chi connectivity index (χ2n) is 2.86. The van der Waals surface area contributed by atoms with Crippen LogP contribution in [0.5, 0.6) is 5.19 Å². The first-order valence-corrected chi connectivity index (χ1v) is 4.84. The van der Waals surface area contributed by atoms with Crippen LogP contribution in [-0.2, 0) is 6.18 Å². The van der Waals surface area contributed by atoms with Crippen LogP contribution >= 0.6 is 11.3 Å². The number of halogens is 3. The average Bonchev–Trinajstić information content (AvgIpc) is 2.57. The van der Waals surface area contributed by atoms with Gasteiger partial charge in [-0.05, 0) is 18.2 Å². The molecule has 0 saturated carbocycles. The minimum Gasteiger partial charge on any atom is -0.473 e. The highest BCUT2D eigenvalue weighted by atomic mass is 32.1. The summed E-state index contributed by atoms with van der Waals surface area (Å²) < 4.78 is 42.4. The summed E-state index contributed by atoms with van der Waals surface area (Å²) in [6.07, 6.45) is -4.31. The lowest BCUT2D eigenvalue weighted by Crippen LogP contribution is -2.03. The van der Waals surface area contributed by atoms with Gasteiger partial charge in [0.15, 0.2) is 0 Å². The van der Waals surface area contributed by atoms with E-state index in [1.165, 1.54) is 13.2 Å². The summed E-state index contributed by atoms with van der Waals surface area (Å²) in [5, 5.41) is 0.365. The molecule has 0 radical (unpaired) electrons. The number of rotatable bonds is 1. The molecule has 15 heavy (non-hydrogen) atoms. The van der Waals surface area contributed by atoms with Crippen LogP contribution in [0.15, 0.2) is 18.2 Å². The van der Waals surface area contributed by atoms with E-state index in [-0.39, 0.29) is 0 Å². The van der Waals surface area contributed by atoms with Gasteiger partial charge in [-0.2, -0.15) is 13.2 Å². The molecule has 1 aromatic heterocycles. The SMILES string of the molecule is COc1nc2ccc(C(F)(F)F)cc2s1. The van der Waals surface area contributed by atoms with Crippen LogP contribution in [0.2, 0.25) is 0 Å². The van der Waals surface area contributed by atoms with Gasteiger partial charge >= 0.3 is 6.18 Å². The first-order valence-electron chi connectivity index (χ1n) is 4.02. The van der Waals surface area contributed by atoms with Gasteiger partial charge in [-0.25, -0.2) is 4.98 Å². The van der Waals surface area contributed by atoms with Crippen molar-refractivity contribution in [1.29, 1.82) is 0 Å². The molecular weight excluding hydrogens is 227 g/mol. The maximum absolute atomic E-state index is 12.4. The molecule has 0 spiro atoms. The molecule has 0 bridgehead atoms. The van der Waals surface area contributed by atoms with Gasteiger partial charge in [0, 0.05) is 0 Å². The van der Waals surface area contributed by atoms with Crippen LogP contribution in [0.4, 0.5) is 13.2 Å². The lowest BCUT2D eigenvalue weighted by Gasteiger charge is -2.04. The van der Waals surface area contributed by atoms with Crippen molar-refractivity contribution in [1.82, 2.24) is 4.98 Å². The maximum atomic E-state index is 12.4. The fraction of sp³-hybridized carbons (Fsp3) is 0.222. The van der Waals surface area contributed by atoms with Crippen LogP contribution in [0.3, 0.4) is 0 Å². The number of fused-ring (bicyclic) bond motifs is 1. The van der Waals surface area contributed by atoms with Crippen LogP contribution in [-0.4, -0.2) is 12.1 Å². The number of nitrogens with zero attached hydrogens (tertiary/aromatic N) is 1. The molecule has 0 aliphatic heterocycles. The van der Waals surface area contributed by atoms with Crippen molar-refractivity contribution < 1.29 is 17.9 Å². The molecule has 0 aliphatic rings. The molecule has 2 aromatic rings. The predicted octanol–water partition coefficient (Wildman–Crippen LogP) is 3.32. The summed E-state index contributed by atoms with van der Waals surface area (Å²) in [5.41, 5.74) is -0.147. The third-order valence-electron chi connectivity index (χ3n) is 1.87. The van der Waals surface area contributed by atoms with Crippen LogP contribution < -0.4 is 4.74 Å². The van der Waals surface area contributed by atoms with E-state index in [0.29, 0.717) is 15.4 Å². The van der Waals surface area contributed by atoms with E-state index in [1.807, 2.05) is 0 Å². The molecule has 0 N–H and O–H groups in total. The fourth-order valence-electron chi connectivity index (χ4n) is 1.17. The third kappa shape index (κ3) is 1.90. The number of alkyl halides is 3.